The van der Waals surface area contributed by atoms with Gasteiger partial charge in [0.15, 0.2) is 0 Å². The lowest BCUT2D eigenvalue weighted by atomic mass is 10.1. The fourth-order valence-corrected chi connectivity index (χ4v) is 1.38. The van der Waals surface area contributed by atoms with Gasteiger partial charge in [-0.1, -0.05) is 19.9 Å². The van der Waals surface area contributed by atoms with Gasteiger partial charge in [0.25, 0.3) is 0 Å². The van der Waals surface area contributed by atoms with Gasteiger partial charge in [-0.3, -0.25) is 0 Å². The molecule has 0 spiro atoms. The van der Waals surface area contributed by atoms with E-state index in [0.717, 1.165) is 5.65 Å². The SMILES string of the molecule is CC(C)c1cnc2ccccn12. The van der Waals surface area contributed by atoms with E-state index in [9.17, 15) is 0 Å². The number of fused-ring (bicyclic) bond motifs is 1. The van der Waals surface area contributed by atoms with E-state index < -0.39 is 0 Å². The van der Waals surface area contributed by atoms with Crippen molar-refractivity contribution in [3.63, 3.8) is 0 Å². The molecule has 2 rings (SSSR count). The fourth-order valence-electron chi connectivity index (χ4n) is 1.38. The third kappa shape index (κ3) is 0.998. The van der Waals surface area contributed by atoms with Gasteiger partial charge in [0.1, 0.15) is 5.65 Å². The Kier molecular flexibility index (Phi) is 1.61. The lowest BCUT2D eigenvalue weighted by molar-refractivity contribution is 0.809. The minimum absolute atomic E-state index is 0.530. The normalized spacial score (nSPS) is 11.2. The summed E-state index contributed by atoms with van der Waals surface area (Å²) >= 11 is 0. The monoisotopic (exact) mass is 160 g/mol. The minimum Gasteiger partial charge on any atom is -0.304 e. The molecule has 0 atom stereocenters. The van der Waals surface area contributed by atoms with E-state index in [4.69, 9.17) is 0 Å². The highest BCUT2D eigenvalue weighted by atomic mass is 15.0. The lowest BCUT2D eigenvalue weighted by Crippen LogP contribution is -1.93. The fraction of sp³-hybridized carbons (Fsp3) is 0.300. The first kappa shape index (κ1) is 7.35. The molecule has 0 aliphatic rings. The van der Waals surface area contributed by atoms with Gasteiger partial charge in [-0.2, -0.15) is 0 Å². The van der Waals surface area contributed by atoms with Gasteiger partial charge in [-0.15, -0.1) is 0 Å². The largest absolute Gasteiger partial charge is 0.304 e. The smallest absolute Gasteiger partial charge is 0.136 e. The van der Waals surface area contributed by atoms with Crippen molar-refractivity contribution in [1.29, 1.82) is 0 Å². The standard InChI is InChI=1S/C10H12N2/c1-8(2)9-7-11-10-5-3-4-6-12(9)10/h3-8H,1-2H3. The average Bonchev–Trinajstić information content (AvgIpc) is 2.47. The van der Waals surface area contributed by atoms with Crippen LogP contribution in [0, 0.1) is 0 Å². The summed E-state index contributed by atoms with van der Waals surface area (Å²) in [6.45, 7) is 4.35. The Hall–Kier alpha value is -1.31. The maximum atomic E-state index is 4.30. The van der Waals surface area contributed by atoms with Crippen LogP contribution in [0.2, 0.25) is 0 Å². The molecule has 62 valence electrons. The molecule has 0 aliphatic heterocycles. The molecule has 2 aromatic heterocycles. The van der Waals surface area contributed by atoms with E-state index in [-0.39, 0.29) is 0 Å². The molecule has 2 heteroatoms. The molecule has 2 nitrogen and oxygen atoms in total. The minimum atomic E-state index is 0.530. The predicted molar refractivity (Wildman–Crippen MR) is 49.3 cm³/mol. The highest BCUT2D eigenvalue weighted by molar-refractivity contribution is 5.40. The van der Waals surface area contributed by atoms with E-state index in [0.29, 0.717) is 5.92 Å². The van der Waals surface area contributed by atoms with Gasteiger partial charge in [0, 0.05) is 18.1 Å². The second-order valence-electron chi connectivity index (χ2n) is 3.27. The summed E-state index contributed by atoms with van der Waals surface area (Å²) in [4.78, 5) is 4.30. The van der Waals surface area contributed by atoms with Crippen molar-refractivity contribution >= 4 is 5.65 Å². The summed E-state index contributed by atoms with van der Waals surface area (Å²) in [5.41, 5.74) is 2.30. The second-order valence-corrected chi connectivity index (χ2v) is 3.27. The first-order valence-electron chi connectivity index (χ1n) is 4.21. The molecule has 0 radical (unpaired) electrons. The van der Waals surface area contributed by atoms with E-state index in [1.54, 1.807) is 0 Å². The zero-order valence-electron chi connectivity index (χ0n) is 7.36. The molecule has 12 heavy (non-hydrogen) atoms. The number of pyridine rings is 1. The third-order valence-electron chi connectivity index (χ3n) is 2.04. The Morgan fingerprint density at radius 1 is 1.33 bits per heavy atom. The van der Waals surface area contributed by atoms with Crippen LogP contribution >= 0.6 is 0 Å². The van der Waals surface area contributed by atoms with Crippen LogP contribution < -0.4 is 0 Å². The lowest BCUT2D eigenvalue weighted by Gasteiger charge is -2.03. The first-order chi connectivity index (χ1) is 5.79. The van der Waals surface area contributed by atoms with Gasteiger partial charge in [0.05, 0.1) is 0 Å². The molecule has 0 amide bonds. The first-order valence-corrected chi connectivity index (χ1v) is 4.21. The van der Waals surface area contributed by atoms with Crippen molar-refractivity contribution < 1.29 is 0 Å². The molecule has 0 aliphatic carbocycles. The highest BCUT2D eigenvalue weighted by Crippen LogP contribution is 2.15. The molecule has 0 bridgehead atoms. The molecule has 2 heterocycles. The molecule has 0 aromatic carbocycles. The molecule has 0 saturated heterocycles. The maximum absolute atomic E-state index is 4.30. The van der Waals surface area contributed by atoms with Gasteiger partial charge in [0.2, 0.25) is 0 Å². The van der Waals surface area contributed by atoms with E-state index in [1.165, 1.54) is 5.69 Å². The molecule has 2 aromatic rings. The molecule has 0 fully saturated rings. The topological polar surface area (TPSA) is 17.3 Å². The zero-order chi connectivity index (χ0) is 8.55. The number of aromatic nitrogens is 2. The maximum Gasteiger partial charge on any atom is 0.136 e. The van der Waals surface area contributed by atoms with Crippen molar-refractivity contribution in [1.82, 2.24) is 9.38 Å². The Morgan fingerprint density at radius 2 is 2.17 bits per heavy atom. The number of imidazole rings is 1. The Balaban J connectivity index is 2.70. The van der Waals surface area contributed by atoms with Crippen LogP contribution in [0.15, 0.2) is 30.6 Å². The number of rotatable bonds is 1. The van der Waals surface area contributed by atoms with Crippen LogP contribution in [-0.4, -0.2) is 9.38 Å². The summed E-state index contributed by atoms with van der Waals surface area (Å²) in [6.07, 6.45) is 4.00. The average molecular weight is 160 g/mol. The summed E-state index contributed by atoms with van der Waals surface area (Å²) in [6, 6.07) is 6.05. The highest BCUT2D eigenvalue weighted by Gasteiger charge is 2.04. The van der Waals surface area contributed by atoms with E-state index in [2.05, 4.69) is 29.4 Å². The third-order valence-corrected chi connectivity index (χ3v) is 2.04. The summed E-state index contributed by atoms with van der Waals surface area (Å²) in [5.74, 6) is 0.530. The van der Waals surface area contributed by atoms with Crippen LogP contribution in [-0.2, 0) is 0 Å². The number of hydrogen-bond donors (Lipinski definition) is 0. The number of hydrogen-bond acceptors (Lipinski definition) is 1. The number of nitrogens with zero attached hydrogens (tertiary/aromatic N) is 2. The quantitative estimate of drug-likeness (QED) is 0.626. The Morgan fingerprint density at radius 3 is 2.92 bits per heavy atom. The van der Waals surface area contributed by atoms with Gasteiger partial charge >= 0.3 is 0 Å². The summed E-state index contributed by atoms with van der Waals surface area (Å²) in [5, 5.41) is 0. The van der Waals surface area contributed by atoms with Crippen molar-refractivity contribution in [3.8, 4) is 0 Å². The van der Waals surface area contributed by atoms with Crippen LogP contribution in [0.1, 0.15) is 25.5 Å². The summed E-state index contributed by atoms with van der Waals surface area (Å²) < 4.78 is 2.13. The van der Waals surface area contributed by atoms with Crippen molar-refractivity contribution in [3.05, 3.63) is 36.3 Å². The van der Waals surface area contributed by atoms with Crippen LogP contribution in [0.3, 0.4) is 0 Å². The molecule has 0 unspecified atom stereocenters. The van der Waals surface area contributed by atoms with Gasteiger partial charge in [-0.25, -0.2) is 4.98 Å². The molecule has 0 N–H and O–H groups in total. The van der Waals surface area contributed by atoms with Crippen molar-refractivity contribution in [2.75, 3.05) is 0 Å². The molecule has 0 saturated carbocycles. The zero-order valence-corrected chi connectivity index (χ0v) is 7.36. The Labute approximate surface area is 71.9 Å². The van der Waals surface area contributed by atoms with Gasteiger partial charge in [-0.05, 0) is 18.1 Å². The second kappa shape index (κ2) is 2.63. The van der Waals surface area contributed by atoms with Gasteiger partial charge < -0.3 is 4.40 Å². The molecular formula is C10H12N2. The van der Waals surface area contributed by atoms with E-state index >= 15 is 0 Å². The Bertz CT molecular complexity index is 387. The summed E-state index contributed by atoms with van der Waals surface area (Å²) in [7, 11) is 0. The predicted octanol–water partition coefficient (Wildman–Crippen LogP) is 2.46. The van der Waals surface area contributed by atoms with Crippen molar-refractivity contribution in [2.24, 2.45) is 0 Å². The van der Waals surface area contributed by atoms with Crippen molar-refractivity contribution in [2.45, 2.75) is 19.8 Å². The molecular weight excluding hydrogens is 148 g/mol. The van der Waals surface area contributed by atoms with Crippen LogP contribution in [0.25, 0.3) is 5.65 Å². The van der Waals surface area contributed by atoms with Crippen LogP contribution in [0.4, 0.5) is 0 Å². The van der Waals surface area contributed by atoms with E-state index in [1.807, 2.05) is 24.4 Å². The van der Waals surface area contributed by atoms with Crippen LogP contribution in [0.5, 0.6) is 0 Å².